The molecule has 0 aliphatic carbocycles. The van der Waals surface area contributed by atoms with Crippen LogP contribution < -0.4 is 0 Å². The molecule has 5 nitrogen and oxygen atoms in total. The van der Waals surface area contributed by atoms with E-state index in [1.165, 1.54) is 16.7 Å². The molecular weight excluding hydrogens is 416 g/mol. The molecule has 0 unspecified atom stereocenters. The van der Waals surface area contributed by atoms with Gasteiger partial charge in [0.2, 0.25) is 5.89 Å². The van der Waals surface area contributed by atoms with Crippen LogP contribution in [0.3, 0.4) is 0 Å². The van der Waals surface area contributed by atoms with Gasteiger partial charge in [0.15, 0.2) is 5.16 Å². The van der Waals surface area contributed by atoms with E-state index in [1.54, 1.807) is 18.0 Å². The molecular formula is C26H24N4OS. The normalized spacial score (nSPS) is 11.3. The summed E-state index contributed by atoms with van der Waals surface area (Å²) in [5, 5.41) is 0.956. The number of hydrogen-bond acceptors (Lipinski definition) is 5. The standard InChI is InChI=1S/C26H24N4OS/c1-17-9-10-18(2)21(13-17)16-32-26-29-22-11-12-27-14-24(22)30(26)15-23-19(3)31-25(28-23)20-7-5-4-6-8-20/h4-14H,15-16H2,1-3H3. The van der Waals surface area contributed by atoms with E-state index in [-0.39, 0.29) is 0 Å². The van der Waals surface area contributed by atoms with Crippen LogP contribution in [0.5, 0.6) is 0 Å². The fraction of sp³-hybridized carbons (Fsp3) is 0.192. The second kappa shape index (κ2) is 8.63. The summed E-state index contributed by atoms with van der Waals surface area (Å²) >= 11 is 1.74. The average molecular weight is 441 g/mol. The highest BCUT2D eigenvalue weighted by Gasteiger charge is 2.17. The van der Waals surface area contributed by atoms with E-state index in [1.807, 2.05) is 49.5 Å². The molecule has 2 aromatic carbocycles. The molecule has 0 atom stereocenters. The first-order chi connectivity index (χ1) is 15.6. The molecule has 160 valence electrons. The van der Waals surface area contributed by atoms with Crippen LogP contribution >= 0.6 is 11.8 Å². The molecule has 5 rings (SSSR count). The van der Waals surface area contributed by atoms with Crippen molar-refractivity contribution in [2.24, 2.45) is 0 Å². The number of oxazole rings is 1. The van der Waals surface area contributed by atoms with Crippen molar-refractivity contribution in [1.82, 2.24) is 19.5 Å². The summed E-state index contributed by atoms with van der Waals surface area (Å²) < 4.78 is 8.18. The first kappa shape index (κ1) is 20.5. The lowest BCUT2D eigenvalue weighted by Gasteiger charge is -2.09. The highest BCUT2D eigenvalue weighted by atomic mass is 32.2. The minimum atomic E-state index is 0.583. The number of pyridine rings is 1. The van der Waals surface area contributed by atoms with Gasteiger partial charge in [-0.3, -0.25) is 4.98 Å². The van der Waals surface area contributed by atoms with Crippen molar-refractivity contribution in [3.8, 4) is 11.5 Å². The van der Waals surface area contributed by atoms with E-state index in [2.05, 4.69) is 41.6 Å². The molecule has 6 heteroatoms. The molecule has 32 heavy (non-hydrogen) atoms. The summed E-state index contributed by atoms with van der Waals surface area (Å²) in [6, 6.07) is 18.5. The van der Waals surface area contributed by atoms with Crippen molar-refractivity contribution in [2.75, 3.05) is 0 Å². The van der Waals surface area contributed by atoms with E-state index >= 15 is 0 Å². The molecule has 0 radical (unpaired) electrons. The Morgan fingerprint density at radius 2 is 1.81 bits per heavy atom. The van der Waals surface area contributed by atoms with Gasteiger partial charge in [-0.25, -0.2) is 9.97 Å². The molecule has 0 aliphatic heterocycles. The van der Waals surface area contributed by atoms with Crippen LogP contribution in [0.2, 0.25) is 0 Å². The van der Waals surface area contributed by atoms with E-state index in [0.717, 1.165) is 39.0 Å². The maximum Gasteiger partial charge on any atom is 0.226 e. The Morgan fingerprint density at radius 1 is 0.969 bits per heavy atom. The Hall–Kier alpha value is -3.38. The maximum atomic E-state index is 5.99. The summed E-state index contributed by atoms with van der Waals surface area (Å²) in [6.45, 7) is 6.84. The van der Waals surface area contributed by atoms with Gasteiger partial charge in [-0.2, -0.15) is 0 Å². The van der Waals surface area contributed by atoms with Gasteiger partial charge in [-0.05, 0) is 50.1 Å². The van der Waals surface area contributed by atoms with Gasteiger partial charge >= 0.3 is 0 Å². The maximum absolute atomic E-state index is 5.99. The number of thioether (sulfide) groups is 1. The van der Waals surface area contributed by atoms with Crippen molar-refractivity contribution in [1.29, 1.82) is 0 Å². The molecule has 5 aromatic rings. The zero-order valence-corrected chi connectivity index (χ0v) is 19.2. The lowest BCUT2D eigenvalue weighted by atomic mass is 10.1. The first-order valence-electron chi connectivity index (χ1n) is 10.6. The average Bonchev–Trinajstić information content (AvgIpc) is 3.35. The van der Waals surface area contributed by atoms with Crippen molar-refractivity contribution in [2.45, 2.75) is 38.2 Å². The lowest BCUT2D eigenvalue weighted by Crippen LogP contribution is -2.04. The number of imidazole rings is 1. The molecule has 0 amide bonds. The second-order valence-electron chi connectivity index (χ2n) is 7.95. The lowest BCUT2D eigenvalue weighted by molar-refractivity contribution is 0.537. The van der Waals surface area contributed by atoms with Crippen molar-refractivity contribution >= 4 is 22.8 Å². The number of hydrogen-bond donors (Lipinski definition) is 0. The van der Waals surface area contributed by atoms with Crippen molar-refractivity contribution < 1.29 is 4.42 Å². The third-order valence-electron chi connectivity index (χ3n) is 5.60. The topological polar surface area (TPSA) is 56.7 Å². The van der Waals surface area contributed by atoms with E-state index in [0.29, 0.717) is 12.4 Å². The molecule has 0 saturated carbocycles. The largest absolute Gasteiger partial charge is 0.441 e. The van der Waals surface area contributed by atoms with E-state index < -0.39 is 0 Å². The number of fused-ring (bicyclic) bond motifs is 1. The zero-order chi connectivity index (χ0) is 22.1. The monoisotopic (exact) mass is 440 g/mol. The highest BCUT2D eigenvalue weighted by molar-refractivity contribution is 7.98. The van der Waals surface area contributed by atoms with Gasteiger partial charge in [0.25, 0.3) is 0 Å². The third-order valence-corrected chi connectivity index (χ3v) is 6.62. The van der Waals surface area contributed by atoms with Gasteiger partial charge in [0, 0.05) is 17.5 Å². The molecule has 0 saturated heterocycles. The fourth-order valence-electron chi connectivity index (χ4n) is 3.74. The van der Waals surface area contributed by atoms with Crippen LogP contribution in [-0.4, -0.2) is 19.5 Å². The predicted molar refractivity (Wildman–Crippen MR) is 129 cm³/mol. The Morgan fingerprint density at radius 3 is 2.66 bits per heavy atom. The minimum absolute atomic E-state index is 0.583. The van der Waals surface area contributed by atoms with Gasteiger partial charge < -0.3 is 8.98 Å². The van der Waals surface area contributed by atoms with Crippen LogP contribution in [-0.2, 0) is 12.3 Å². The third kappa shape index (κ3) is 4.06. The summed E-state index contributed by atoms with van der Waals surface area (Å²) in [4.78, 5) is 14.0. The summed E-state index contributed by atoms with van der Waals surface area (Å²) in [6.07, 6.45) is 3.66. The van der Waals surface area contributed by atoms with Crippen LogP contribution in [0.1, 0.15) is 28.1 Å². The van der Waals surface area contributed by atoms with Gasteiger partial charge in [-0.15, -0.1) is 0 Å². The SMILES string of the molecule is Cc1ccc(C)c(CSc2nc3ccncc3n2Cc2nc(-c3ccccc3)oc2C)c1. The van der Waals surface area contributed by atoms with Crippen LogP contribution in [0.4, 0.5) is 0 Å². The summed E-state index contributed by atoms with van der Waals surface area (Å²) in [5.41, 5.74) is 7.72. The highest BCUT2D eigenvalue weighted by Crippen LogP contribution is 2.30. The Labute approximate surface area is 191 Å². The fourth-order valence-corrected chi connectivity index (χ4v) is 4.81. The van der Waals surface area contributed by atoms with Gasteiger partial charge in [0.05, 0.1) is 23.8 Å². The van der Waals surface area contributed by atoms with Crippen LogP contribution in [0.15, 0.2) is 76.6 Å². The number of rotatable bonds is 6. The summed E-state index contributed by atoms with van der Waals surface area (Å²) in [5.74, 6) is 2.32. The molecule has 0 fully saturated rings. The van der Waals surface area contributed by atoms with E-state index in [9.17, 15) is 0 Å². The number of aromatic nitrogens is 4. The smallest absolute Gasteiger partial charge is 0.226 e. The van der Waals surface area contributed by atoms with Gasteiger partial charge in [0.1, 0.15) is 11.5 Å². The molecule has 3 aromatic heterocycles. The van der Waals surface area contributed by atoms with Crippen LogP contribution in [0, 0.1) is 20.8 Å². The zero-order valence-electron chi connectivity index (χ0n) is 18.4. The molecule has 0 spiro atoms. The quantitative estimate of drug-likeness (QED) is 0.288. The minimum Gasteiger partial charge on any atom is -0.441 e. The number of benzene rings is 2. The van der Waals surface area contributed by atoms with Crippen molar-refractivity contribution in [3.63, 3.8) is 0 Å². The molecule has 0 aliphatic rings. The first-order valence-corrected chi connectivity index (χ1v) is 11.6. The molecule has 0 bridgehead atoms. The number of nitrogens with zero attached hydrogens (tertiary/aromatic N) is 4. The van der Waals surface area contributed by atoms with Gasteiger partial charge in [-0.1, -0.05) is 53.7 Å². The number of aryl methyl sites for hydroxylation is 3. The van der Waals surface area contributed by atoms with E-state index in [4.69, 9.17) is 14.4 Å². The molecule has 3 heterocycles. The second-order valence-corrected chi connectivity index (χ2v) is 8.89. The van der Waals surface area contributed by atoms with Crippen LogP contribution in [0.25, 0.3) is 22.5 Å². The Bertz CT molecular complexity index is 1390. The predicted octanol–water partition coefficient (Wildman–Crippen LogP) is 6.35. The molecule has 0 N–H and O–H groups in total. The Kier molecular flexibility index (Phi) is 5.53. The van der Waals surface area contributed by atoms with Crippen molar-refractivity contribution in [3.05, 3.63) is 95.1 Å². The summed E-state index contributed by atoms with van der Waals surface area (Å²) in [7, 11) is 0. The Balaban J connectivity index is 1.49.